The van der Waals surface area contributed by atoms with Crippen LogP contribution in [0.5, 0.6) is 5.75 Å². The van der Waals surface area contributed by atoms with Crippen molar-refractivity contribution in [3.63, 3.8) is 0 Å². The average molecular weight is 455 g/mol. The van der Waals surface area contributed by atoms with Gasteiger partial charge >= 0.3 is 13.6 Å². The van der Waals surface area contributed by atoms with Crippen LogP contribution in [0.3, 0.4) is 0 Å². The second-order valence-corrected chi connectivity index (χ2v) is 11.5. The average Bonchev–Trinajstić information content (AvgIpc) is 2.67. The van der Waals surface area contributed by atoms with Gasteiger partial charge in [0.1, 0.15) is 5.75 Å². The maximum absolute atomic E-state index is 13.0. The van der Waals surface area contributed by atoms with Gasteiger partial charge in [-0.25, -0.2) is 0 Å². The molecular weight excluding hydrogens is 432 g/mol. The molecule has 0 amide bonds. The second kappa shape index (κ2) is 8.73. The molecular formula is C19H23NO8P2. The number of pyridine rings is 1. The van der Waals surface area contributed by atoms with Crippen LogP contribution in [0.25, 0.3) is 0 Å². The van der Waals surface area contributed by atoms with E-state index in [1.165, 1.54) is 24.5 Å². The normalized spacial score (nSPS) is 31.3. The molecule has 1 aromatic heterocycles. The molecule has 162 valence electrons. The van der Waals surface area contributed by atoms with Crippen LogP contribution in [-0.2, 0) is 24.8 Å². The summed E-state index contributed by atoms with van der Waals surface area (Å²) in [6.45, 7) is 1.82. The maximum atomic E-state index is 13.0. The van der Waals surface area contributed by atoms with E-state index in [1.807, 2.05) is 6.92 Å². The van der Waals surface area contributed by atoms with E-state index in [0.29, 0.717) is 12.0 Å². The Morgan fingerprint density at radius 1 is 1.27 bits per heavy atom. The van der Waals surface area contributed by atoms with Gasteiger partial charge in [-0.05, 0) is 30.4 Å². The van der Waals surface area contributed by atoms with Crippen LogP contribution in [0, 0.1) is 0 Å². The maximum Gasteiger partial charge on any atom is 0.371 e. The van der Waals surface area contributed by atoms with Gasteiger partial charge in [-0.3, -0.25) is 23.4 Å². The summed E-state index contributed by atoms with van der Waals surface area (Å²) in [6.07, 6.45) is 5.13. The van der Waals surface area contributed by atoms with Crippen LogP contribution in [-0.4, -0.2) is 37.2 Å². The number of benzene rings is 1. The highest BCUT2D eigenvalue weighted by molar-refractivity contribution is 7.78. The number of esters is 1. The highest BCUT2D eigenvalue weighted by atomic mass is 31.2. The quantitative estimate of drug-likeness (QED) is 0.341. The van der Waals surface area contributed by atoms with E-state index < -0.39 is 38.7 Å². The van der Waals surface area contributed by atoms with Crippen LogP contribution >= 0.6 is 14.9 Å². The molecule has 0 saturated carbocycles. The molecule has 0 radical (unpaired) electrons. The summed E-state index contributed by atoms with van der Waals surface area (Å²) in [5, 5.41) is 8.33. The molecule has 30 heavy (non-hydrogen) atoms. The lowest BCUT2D eigenvalue weighted by molar-refractivity contribution is -0.134. The van der Waals surface area contributed by atoms with Gasteiger partial charge in [0.15, 0.2) is 7.34 Å². The number of hydrogen-bond donors (Lipinski definition) is 3. The zero-order chi connectivity index (χ0) is 22.0. The molecule has 1 aromatic carbocycles. The fourth-order valence-electron chi connectivity index (χ4n) is 2.93. The smallest absolute Gasteiger partial charge is 0.371 e. The third-order valence-corrected chi connectivity index (χ3v) is 9.59. The summed E-state index contributed by atoms with van der Waals surface area (Å²) >= 11 is 0. The van der Waals surface area contributed by atoms with Gasteiger partial charge in [0.2, 0.25) is 11.4 Å². The molecule has 2 aromatic rings. The number of aromatic nitrogens is 1. The summed E-state index contributed by atoms with van der Waals surface area (Å²) in [5.41, 5.74) is 0.498. The highest BCUT2D eigenvalue weighted by Crippen LogP contribution is 2.79. The van der Waals surface area contributed by atoms with Crippen molar-refractivity contribution in [2.75, 3.05) is 0 Å². The van der Waals surface area contributed by atoms with Crippen LogP contribution < -0.4 is 4.74 Å². The topological polar surface area (TPSA) is 135 Å². The van der Waals surface area contributed by atoms with Gasteiger partial charge in [0, 0.05) is 25.2 Å². The van der Waals surface area contributed by atoms with E-state index in [9.17, 15) is 24.3 Å². The molecule has 1 fully saturated rings. The third kappa shape index (κ3) is 4.43. The van der Waals surface area contributed by atoms with Gasteiger partial charge in [0.05, 0.1) is 5.56 Å². The van der Waals surface area contributed by atoms with Crippen molar-refractivity contribution < 1.29 is 38.0 Å². The van der Waals surface area contributed by atoms with E-state index in [-0.39, 0.29) is 17.7 Å². The zero-order valence-corrected chi connectivity index (χ0v) is 18.0. The van der Waals surface area contributed by atoms with E-state index in [4.69, 9.17) is 13.8 Å². The van der Waals surface area contributed by atoms with Crippen LogP contribution in [0.2, 0.25) is 0 Å². The number of ether oxygens (including phenoxy) is 1. The van der Waals surface area contributed by atoms with Crippen molar-refractivity contribution in [2.45, 2.75) is 37.6 Å². The first-order valence-corrected chi connectivity index (χ1v) is 12.6. The molecule has 3 N–H and O–H groups in total. The minimum absolute atomic E-state index is 0.0543. The standard InChI is InChI=1S/C19H23NO8P2/c1-3-7-17(21)26-16-10-5-4-9-15(16)18-27-29(2,23)19(22,30(24,25)28-18)12-14-8-6-11-20-13-14/h4-6,8-11,13,18,22-23H,2-3,7,12H2,1H3,(H,24,25). The Labute approximate surface area is 173 Å². The van der Waals surface area contributed by atoms with Crippen LogP contribution in [0.4, 0.5) is 0 Å². The van der Waals surface area contributed by atoms with Crippen LogP contribution in [0.15, 0.2) is 48.8 Å². The molecule has 2 heterocycles. The molecule has 1 aliphatic heterocycles. The number of nitrogens with zero attached hydrogens (tertiary/aromatic N) is 1. The Kier molecular flexibility index (Phi) is 6.65. The number of carbonyl (C=O) groups excluding carboxylic acids is 1. The van der Waals surface area contributed by atoms with Crippen molar-refractivity contribution in [3.8, 4) is 5.75 Å². The summed E-state index contributed by atoms with van der Waals surface area (Å²) in [4.78, 5) is 37.2. The largest absolute Gasteiger partial charge is 0.426 e. The lowest BCUT2D eigenvalue weighted by atomic mass is 10.2. The number of aliphatic hydroxyl groups is 1. The van der Waals surface area contributed by atoms with Gasteiger partial charge in [-0.1, -0.05) is 31.2 Å². The fraction of sp³-hybridized carbons (Fsp3) is 0.316. The Morgan fingerprint density at radius 3 is 2.63 bits per heavy atom. The van der Waals surface area contributed by atoms with Crippen molar-refractivity contribution >= 4 is 27.2 Å². The van der Waals surface area contributed by atoms with E-state index in [0.717, 1.165) is 0 Å². The lowest BCUT2D eigenvalue weighted by Crippen LogP contribution is -2.38. The molecule has 11 heteroatoms. The molecule has 4 atom stereocenters. The van der Waals surface area contributed by atoms with E-state index in [2.05, 4.69) is 11.3 Å². The summed E-state index contributed by atoms with van der Waals surface area (Å²) in [5.74, 6) is -0.445. The molecule has 1 saturated heterocycles. The number of carbonyl (C=O) groups is 1. The van der Waals surface area contributed by atoms with Crippen molar-refractivity contribution in [2.24, 2.45) is 0 Å². The lowest BCUT2D eigenvalue weighted by Gasteiger charge is -2.45. The Morgan fingerprint density at radius 2 is 2.00 bits per heavy atom. The van der Waals surface area contributed by atoms with E-state index in [1.54, 1.807) is 24.3 Å². The van der Waals surface area contributed by atoms with Gasteiger partial charge in [-0.15, -0.1) is 0 Å². The first-order chi connectivity index (χ1) is 14.1. The SMILES string of the molecule is C=P1(O)OC(c2ccccc2OC(=O)CCC)OP(=O)(O)C1(O)Cc1cccnc1. The minimum Gasteiger partial charge on any atom is -0.426 e. The van der Waals surface area contributed by atoms with Crippen molar-refractivity contribution in [1.82, 2.24) is 4.98 Å². The number of rotatable bonds is 6. The Balaban J connectivity index is 1.94. The minimum atomic E-state index is -4.88. The van der Waals surface area contributed by atoms with Gasteiger partial charge < -0.3 is 19.6 Å². The van der Waals surface area contributed by atoms with Crippen molar-refractivity contribution in [1.29, 1.82) is 0 Å². The number of para-hydroxylation sites is 1. The van der Waals surface area contributed by atoms with Gasteiger partial charge in [0.25, 0.3) is 0 Å². The number of hydrogen-bond acceptors (Lipinski definition) is 8. The zero-order valence-electron chi connectivity index (χ0n) is 16.2. The van der Waals surface area contributed by atoms with E-state index >= 15 is 0 Å². The van der Waals surface area contributed by atoms with Crippen LogP contribution in [0.1, 0.15) is 37.2 Å². The second-order valence-electron chi connectivity index (χ2n) is 6.84. The first-order valence-electron chi connectivity index (χ1n) is 9.16. The Hall–Kier alpha value is -1.83. The highest BCUT2D eigenvalue weighted by Gasteiger charge is 2.62. The monoisotopic (exact) mass is 455 g/mol. The molecule has 0 spiro atoms. The third-order valence-electron chi connectivity index (χ3n) is 4.54. The molecule has 1 aliphatic rings. The summed E-state index contributed by atoms with van der Waals surface area (Å²) in [7, 11) is -9.02. The Bertz CT molecular complexity index is 987. The molecule has 9 nitrogen and oxygen atoms in total. The first kappa shape index (κ1) is 22.8. The summed E-state index contributed by atoms with van der Waals surface area (Å²) < 4.78 is 29.0. The molecule has 3 rings (SSSR count). The summed E-state index contributed by atoms with van der Waals surface area (Å²) in [6, 6.07) is 9.26. The predicted molar refractivity (Wildman–Crippen MR) is 111 cm³/mol. The fourth-order valence-corrected chi connectivity index (χ4v) is 6.90. The van der Waals surface area contributed by atoms with Crippen molar-refractivity contribution in [3.05, 3.63) is 59.9 Å². The molecule has 0 aliphatic carbocycles. The molecule has 4 unspecified atom stereocenters. The van der Waals surface area contributed by atoms with Gasteiger partial charge in [-0.2, -0.15) is 0 Å². The molecule has 0 bridgehead atoms. The predicted octanol–water partition coefficient (Wildman–Crippen LogP) is 3.18.